The molecule has 26 heavy (non-hydrogen) atoms. The predicted octanol–water partition coefficient (Wildman–Crippen LogP) is 1.30. The SMILES string of the molecule is N/C(=N\C1=NC(CC(=O)Nc2ccccc2)C(=O)N1)Nc1ccccc1. The highest BCUT2D eigenvalue weighted by atomic mass is 16.2. The van der Waals surface area contributed by atoms with Gasteiger partial charge in [0.25, 0.3) is 5.91 Å². The first-order chi connectivity index (χ1) is 12.6. The van der Waals surface area contributed by atoms with Crippen molar-refractivity contribution in [2.45, 2.75) is 12.5 Å². The Kier molecular flexibility index (Phi) is 5.23. The van der Waals surface area contributed by atoms with E-state index in [2.05, 4.69) is 25.9 Å². The van der Waals surface area contributed by atoms with Crippen LogP contribution < -0.4 is 21.7 Å². The zero-order chi connectivity index (χ0) is 18.4. The van der Waals surface area contributed by atoms with Crippen molar-refractivity contribution in [3.63, 3.8) is 0 Å². The van der Waals surface area contributed by atoms with Gasteiger partial charge in [-0.25, -0.2) is 4.99 Å². The molecule has 1 aliphatic rings. The summed E-state index contributed by atoms with van der Waals surface area (Å²) < 4.78 is 0. The summed E-state index contributed by atoms with van der Waals surface area (Å²) >= 11 is 0. The van der Waals surface area contributed by atoms with Gasteiger partial charge in [-0.05, 0) is 24.3 Å². The molecule has 5 N–H and O–H groups in total. The molecule has 0 fully saturated rings. The number of benzene rings is 2. The molecule has 2 aromatic carbocycles. The average molecular weight is 350 g/mol. The molecule has 2 amide bonds. The summed E-state index contributed by atoms with van der Waals surface area (Å²) in [7, 11) is 0. The molecule has 1 heterocycles. The van der Waals surface area contributed by atoms with E-state index in [9.17, 15) is 9.59 Å². The quantitative estimate of drug-likeness (QED) is 0.490. The first-order valence-corrected chi connectivity index (χ1v) is 8.00. The number of nitrogens with two attached hydrogens (primary N) is 1. The fourth-order valence-electron chi connectivity index (χ4n) is 2.35. The van der Waals surface area contributed by atoms with Crippen molar-refractivity contribution in [2.24, 2.45) is 15.7 Å². The lowest BCUT2D eigenvalue weighted by Crippen LogP contribution is -2.32. The van der Waals surface area contributed by atoms with Gasteiger partial charge < -0.3 is 16.4 Å². The molecule has 0 aromatic heterocycles. The normalized spacial score (nSPS) is 16.6. The van der Waals surface area contributed by atoms with E-state index in [4.69, 9.17) is 5.73 Å². The topological polar surface area (TPSA) is 121 Å². The Labute approximate surface area is 150 Å². The molecule has 0 aliphatic carbocycles. The van der Waals surface area contributed by atoms with Crippen LogP contribution in [0.15, 0.2) is 70.6 Å². The zero-order valence-electron chi connectivity index (χ0n) is 13.8. The van der Waals surface area contributed by atoms with E-state index in [0.717, 1.165) is 5.69 Å². The largest absolute Gasteiger partial charge is 0.369 e. The van der Waals surface area contributed by atoms with Crippen LogP contribution in [0.1, 0.15) is 6.42 Å². The Hall–Kier alpha value is -3.68. The Bertz CT molecular complexity index is 848. The zero-order valence-corrected chi connectivity index (χ0v) is 13.8. The van der Waals surface area contributed by atoms with Gasteiger partial charge >= 0.3 is 0 Å². The van der Waals surface area contributed by atoms with E-state index in [0.29, 0.717) is 5.69 Å². The first kappa shape index (κ1) is 17.2. The summed E-state index contributed by atoms with van der Waals surface area (Å²) in [6, 6.07) is 17.4. The van der Waals surface area contributed by atoms with Crippen LogP contribution >= 0.6 is 0 Å². The number of nitrogens with zero attached hydrogens (tertiary/aromatic N) is 2. The van der Waals surface area contributed by atoms with Crippen molar-refractivity contribution in [3.8, 4) is 0 Å². The molecule has 1 unspecified atom stereocenters. The number of carbonyl (C=O) groups is 2. The minimum Gasteiger partial charge on any atom is -0.369 e. The number of guanidine groups is 2. The second-order valence-corrected chi connectivity index (χ2v) is 5.56. The van der Waals surface area contributed by atoms with Gasteiger partial charge in [0.1, 0.15) is 6.04 Å². The fourth-order valence-corrected chi connectivity index (χ4v) is 2.35. The lowest BCUT2D eigenvalue weighted by molar-refractivity contribution is -0.123. The highest BCUT2D eigenvalue weighted by molar-refractivity contribution is 6.11. The lowest BCUT2D eigenvalue weighted by Gasteiger charge is -2.06. The molecule has 2 aromatic rings. The van der Waals surface area contributed by atoms with Crippen LogP contribution in [0.5, 0.6) is 0 Å². The Morgan fingerprint density at radius 2 is 1.62 bits per heavy atom. The molecule has 1 atom stereocenters. The van der Waals surface area contributed by atoms with Gasteiger partial charge in [-0.2, -0.15) is 4.99 Å². The summed E-state index contributed by atoms with van der Waals surface area (Å²) in [6.45, 7) is 0. The Morgan fingerprint density at radius 3 is 2.23 bits per heavy atom. The van der Waals surface area contributed by atoms with Gasteiger partial charge in [-0.15, -0.1) is 0 Å². The monoisotopic (exact) mass is 350 g/mol. The molecule has 8 nitrogen and oxygen atoms in total. The maximum absolute atomic E-state index is 12.1. The van der Waals surface area contributed by atoms with Gasteiger partial charge in [0.05, 0.1) is 6.42 Å². The number of amides is 2. The number of nitrogens with one attached hydrogen (secondary N) is 3. The molecular weight excluding hydrogens is 332 g/mol. The van der Waals surface area contributed by atoms with E-state index >= 15 is 0 Å². The molecule has 1 aliphatic heterocycles. The van der Waals surface area contributed by atoms with Crippen LogP contribution in [0.25, 0.3) is 0 Å². The smallest absolute Gasteiger partial charge is 0.252 e. The molecule has 0 saturated heterocycles. The van der Waals surface area contributed by atoms with Crippen LogP contribution in [0.2, 0.25) is 0 Å². The molecule has 8 heteroatoms. The van der Waals surface area contributed by atoms with Crippen molar-refractivity contribution in [2.75, 3.05) is 10.6 Å². The van der Waals surface area contributed by atoms with E-state index in [-0.39, 0.29) is 30.2 Å². The van der Waals surface area contributed by atoms with E-state index in [1.54, 1.807) is 12.1 Å². The maximum atomic E-state index is 12.1. The number of para-hydroxylation sites is 2. The predicted molar refractivity (Wildman–Crippen MR) is 101 cm³/mol. The summed E-state index contributed by atoms with van der Waals surface area (Å²) in [4.78, 5) is 32.2. The fraction of sp³-hybridized carbons (Fsp3) is 0.111. The Morgan fingerprint density at radius 1 is 1.04 bits per heavy atom. The second-order valence-electron chi connectivity index (χ2n) is 5.56. The van der Waals surface area contributed by atoms with Crippen LogP contribution in [0, 0.1) is 0 Å². The van der Waals surface area contributed by atoms with Crippen molar-refractivity contribution >= 4 is 35.1 Å². The summed E-state index contributed by atoms with van der Waals surface area (Å²) in [5.74, 6) is -0.529. The number of hydrogen-bond acceptors (Lipinski definition) is 4. The van der Waals surface area contributed by atoms with Crippen LogP contribution in [0.4, 0.5) is 11.4 Å². The van der Waals surface area contributed by atoms with Crippen molar-refractivity contribution in [3.05, 3.63) is 60.7 Å². The van der Waals surface area contributed by atoms with Crippen LogP contribution in [0.3, 0.4) is 0 Å². The minimum atomic E-state index is -0.831. The summed E-state index contributed by atoms with van der Waals surface area (Å²) in [6.07, 6.45) is -0.0776. The molecule has 3 rings (SSSR count). The van der Waals surface area contributed by atoms with Crippen molar-refractivity contribution < 1.29 is 9.59 Å². The third kappa shape index (κ3) is 4.67. The van der Waals surface area contributed by atoms with Crippen LogP contribution in [-0.4, -0.2) is 29.8 Å². The second kappa shape index (κ2) is 7.93. The number of aliphatic imine (C=N–C) groups is 2. The molecule has 0 bridgehead atoms. The Balaban J connectivity index is 1.59. The van der Waals surface area contributed by atoms with Crippen LogP contribution in [-0.2, 0) is 9.59 Å². The molecule has 132 valence electrons. The minimum absolute atomic E-state index is 0.0773. The number of anilines is 2. The maximum Gasteiger partial charge on any atom is 0.252 e. The summed E-state index contributed by atoms with van der Waals surface area (Å²) in [5.41, 5.74) is 7.23. The molecular formula is C18H18N6O2. The first-order valence-electron chi connectivity index (χ1n) is 8.00. The molecule has 0 saturated carbocycles. The van der Waals surface area contributed by atoms with E-state index in [1.807, 2.05) is 48.5 Å². The van der Waals surface area contributed by atoms with Crippen molar-refractivity contribution in [1.82, 2.24) is 5.32 Å². The standard InChI is InChI=1S/C18H18N6O2/c19-17(21-13-9-5-2-6-10-13)24-18-22-14(16(26)23-18)11-15(25)20-12-7-3-1-4-8-12/h1-10,14H,11H2,(H,20,25)(H4,19,21,22,23,24,26). The van der Waals surface area contributed by atoms with E-state index < -0.39 is 6.04 Å². The van der Waals surface area contributed by atoms with Gasteiger partial charge in [-0.3, -0.25) is 14.9 Å². The van der Waals surface area contributed by atoms with Gasteiger partial charge in [0.15, 0.2) is 0 Å². The van der Waals surface area contributed by atoms with Gasteiger partial charge in [-0.1, -0.05) is 36.4 Å². The lowest BCUT2D eigenvalue weighted by atomic mass is 10.2. The number of carbonyl (C=O) groups excluding carboxylic acids is 2. The van der Waals surface area contributed by atoms with Crippen molar-refractivity contribution in [1.29, 1.82) is 0 Å². The average Bonchev–Trinajstić information content (AvgIpc) is 2.95. The highest BCUT2D eigenvalue weighted by Crippen LogP contribution is 2.10. The number of rotatable bonds is 4. The van der Waals surface area contributed by atoms with E-state index in [1.165, 1.54) is 0 Å². The van der Waals surface area contributed by atoms with Gasteiger partial charge in [0.2, 0.25) is 17.8 Å². The summed E-state index contributed by atoms with van der Waals surface area (Å²) in [5, 5.41) is 8.12. The van der Waals surface area contributed by atoms with Gasteiger partial charge in [0, 0.05) is 11.4 Å². The highest BCUT2D eigenvalue weighted by Gasteiger charge is 2.28. The third-order valence-electron chi connectivity index (χ3n) is 3.52. The third-order valence-corrected chi connectivity index (χ3v) is 3.52. The molecule has 0 spiro atoms. The molecule has 0 radical (unpaired) electrons. The number of hydrogen-bond donors (Lipinski definition) is 4.